The van der Waals surface area contributed by atoms with Gasteiger partial charge in [0, 0.05) is 37.3 Å². The molecule has 3 rings (SSSR count). The van der Waals surface area contributed by atoms with Gasteiger partial charge in [0.2, 0.25) is 6.41 Å². The quantitative estimate of drug-likeness (QED) is 0.835. The molecule has 1 aliphatic heterocycles. The van der Waals surface area contributed by atoms with Crippen LogP contribution in [0.25, 0.3) is 0 Å². The van der Waals surface area contributed by atoms with Crippen LogP contribution in [0.15, 0.2) is 42.5 Å². The number of halogens is 2. The summed E-state index contributed by atoms with van der Waals surface area (Å²) in [5.74, 6) is -2.76. The van der Waals surface area contributed by atoms with Crippen LogP contribution in [0.2, 0.25) is 0 Å². The van der Waals surface area contributed by atoms with Crippen LogP contribution >= 0.6 is 0 Å². The van der Waals surface area contributed by atoms with E-state index in [0.29, 0.717) is 26.2 Å². The normalized spacial score (nSPS) is 14.0. The molecule has 1 N–H and O–H groups in total. The number of carbonyl (C=O) groups excluding carboxylic acids is 3. The highest BCUT2D eigenvalue weighted by Crippen LogP contribution is 2.19. The standard InChI is InChI=1S/C19H17F2N3O3/c20-15-5-2-6-16(21)17(15)22-18(26)13-3-1-4-14(11-13)19(27)24-9-7-23(12-25)8-10-24/h1-6,11-12H,7-10H2,(H,22,26). The number of nitrogens with zero attached hydrogens (tertiary/aromatic N) is 2. The first-order chi connectivity index (χ1) is 13.0. The molecule has 1 heterocycles. The lowest BCUT2D eigenvalue weighted by Crippen LogP contribution is -2.48. The lowest BCUT2D eigenvalue weighted by atomic mass is 10.1. The van der Waals surface area contributed by atoms with Crippen LogP contribution in [0, 0.1) is 11.6 Å². The van der Waals surface area contributed by atoms with Crippen molar-refractivity contribution in [2.75, 3.05) is 31.5 Å². The second-order valence-corrected chi connectivity index (χ2v) is 6.07. The molecule has 2 aromatic rings. The zero-order valence-electron chi connectivity index (χ0n) is 14.3. The molecule has 0 aromatic heterocycles. The highest BCUT2D eigenvalue weighted by atomic mass is 19.1. The second kappa shape index (κ2) is 7.94. The summed E-state index contributed by atoms with van der Waals surface area (Å²) in [6.07, 6.45) is 0.745. The summed E-state index contributed by atoms with van der Waals surface area (Å²) in [7, 11) is 0. The predicted octanol–water partition coefficient (Wildman–Crippen LogP) is 2.13. The fourth-order valence-corrected chi connectivity index (χ4v) is 2.81. The molecule has 27 heavy (non-hydrogen) atoms. The summed E-state index contributed by atoms with van der Waals surface area (Å²) in [5.41, 5.74) is -0.143. The van der Waals surface area contributed by atoms with Gasteiger partial charge >= 0.3 is 0 Å². The van der Waals surface area contributed by atoms with Gasteiger partial charge in [0.05, 0.1) is 0 Å². The van der Waals surface area contributed by atoms with Crippen molar-refractivity contribution < 1.29 is 23.2 Å². The molecule has 0 aliphatic carbocycles. The van der Waals surface area contributed by atoms with Gasteiger partial charge in [-0.3, -0.25) is 14.4 Å². The first kappa shape index (κ1) is 18.5. The molecule has 0 bridgehead atoms. The summed E-state index contributed by atoms with van der Waals surface area (Å²) in [4.78, 5) is 38.9. The van der Waals surface area contributed by atoms with Crippen LogP contribution < -0.4 is 5.32 Å². The number of amides is 3. The number of anilines is 1. The van der Waals surface area contributed by atoms with Gasteiger partial charge in [0.25, 0.3) is 11.8 Å². The molecular weight excluding hydrogens is 356 g/mol. The molecular formula is C19H17F2N3O3. The topological polar surface area (TPSA) is 69.7 Å². The van der Waals surface area contributed by atoms with Crippen molar-refractivity contribution in [2.45, 2.75) is 0 Å². The van der Waals surface area contributed by atoms with Crippen molar-refractivity contribution in [1.82, 2.24) is 9.80 Å². The third-order valence-electron chi connectivity index (χ3n) is 4.32. The summed E-state index contributed by atoms with van der Waals surface area (Å²) >= 11 is 0. The van der Waals surface area contributed by atoms with Crippen molar-refractivity contribution in [1.29, 1.82) is 0 Å². The molecule has 0 radical (unpaired) electrons. The van der Waals surface area contributed by atoms with Crippen molar-refractivity contribution in [3.63, 3.8) is 0 Å². The summed E-state index contributed by atoms with van der Waals surface area (Å²) in [5, 5.41) is 2.19. The Morgan fingerprint density at radius 3 is 2.15 bits per heavy atom. The van der Waals surface area contributed by atoms with Crippen LogP contribution in [0.5, 0.6) is 0 Å². The summed E-state index contributed by atoms with van der Waals surface area (Å²) in [6.45, 7) is 1.69. The minimum absolute atomic E-state index is 0.107. The fourth-order valence-electron chi connectivity index (χ4n) is 2.81. The minimum atomic E-state index is -0.886. The number of hydrogen-bond acceptors (Lipinski definition) is 3. The van der Waals surface area contributed by atoms with E-state index in [4.69, 9.17) is 0 Å². The van der Waals surface area contributed by atoms with Crippen molar-refractivity contribution in [3.05, 3.63) is 65.2 Å². The highest BCUT2D eigenvalue weighted by Gasteiger charge is 2.22. The Kier molecular flexibility index (Phi) is 5.44. The average molecular weight is 373 g/mol. The Bertz CT molecular complexity index is 860. The number of nitrogens with one attached hydrogen (secondary N) is 1. The van der Waals surface area contributed by atoms with Gasteiger partial charge in [-0.15, -0.1) is 0 Å². The van der Waals surface area contributed by atoms with Gasteiger partial charge in [0.1, 0.15) is 17.3 Å². The molecule has 3 amide bonds. The number of benzene rings is 2. The fraction of sp³-hybridized carbons (Fsp3) is 0.211. The molecule has 0 unspecified atom stereocenters. The molecule has 0 spiro atoms. The van der Waals surface area contributed by atoms with Crippen molar-refractivity contribution in [3.8, 4) is 0 Å². The average Bonchev–Trinajstić information content (AvgIpc) is 2.70. The SMILES string of the molecule is O=CN1CCN(C(=O)c2cccc(C(=O)Nc3c(F)cccc3F)c2)CC1. The lowest BCUT2D eigenvalue weighted by Gasteiger charge is -2.32. The van der Waals surface area contributed by atoms with E-state index < -0.39 is 23.2 Å². The van der Waals surface area contributed by atoms with E-state index in [2.05, 4.69) is 5.32 Å². The van der Waals surface area contributed by atoms with E-state index >= 15 is 0 Å². The van der Waals surface area contributed by atoms with Crippen molar-refractivity contribution >= 4 is 23.9 Å². The third kappa shape index (κ3) is 4.11. The monoisotopic (exact) mass is 373 g/mol. The molecule has 2 aromatic carbocycles. The van der Waals surface area contributed by atoms with Gasteiger partial charge in [-0.2, -0.15) is 0 Å². The highest BCUT2D eigenvalue weighted by molar-refractivity contribution is 6.06. The zero-order chi connectivity index (χ0) is 19.4. The van der Waals surface area contributed by atoms with Crippen LogP contribution in [0.4, 0.5) is 14.5 Å². The summed E-state index contributed by atoms with van der Waals surface area (Å²) < 4.78 is 27.4. The van der Waals surface area contributed by atoms with Crippen LogP contribution in [-0.2, 0) is 4.79 Å². The first-order valence-electron chi connectivity index (χ1n) is 8.33. The largest absolute Gasteiger partial charge is 0.342 e. The maximum atomic E-state index is 13.7. The Morgan fingerprint density at radius 2 is 1.52 bits per heavy atom. The van der Waals surface area contributed by atoms with Crippen molar-refractivity contribution in [2.24, 2.45) is 0 Å². The smallest absolute Gasteiger partial charge is 0.255 e. The van der Waals surface area contributed by atoms with Crippen LogP contribution in [0.3, 0.4) is 0 Å². The molecule has 140 valence electrons. The molecule has 1 aliphatic rings. The van der Waals surface area contributed by atoms with Gasteiger partial charge in [-0.1, -0.05) is 12.1 Å². The van der Waals surface area contributed by atoms with Crippen LogP contribution in [-0.4, -0.2) is 54.2 Å². The number of piperazine rings is 1. The maximum Gasteiger partial charge on any atom is 0.255 e. The minimum Gasteiger partial charge on any atom is -0.342 e. The van der Waals surface area contributed by atoms with Gasteiger partial charge in [0.15, 0.2) is 0 Å². The molecule has 0 saturated carbocycles. The zero-order valence-corrected chi connectivity index (χ0v) is 14.3. The lowest BCUT2D eigenvalue weighted by molar-refractivity contribution is -0.119. The van der Waals surface area contributed by atoms with E-state index in [1.807, 2.05) is 0 Å². The molecule has 6 nitrogen and oxygen atoms in total. The number of para-hydroxylation sites is 1. The van der Waals surface area contributed by atoms with Gasteiger partial charge in [-0.25, -0.2) is 8.78 Å². The Labute approximate surface area is 154 Å². The first-order valence-corrected chi connectivity index (χ1v) is 8.33. The maximum absolute atomic E-state index is 13.7. The number of carbonyl (C=O) groups is 3. The Morgan fingerprint density at radius 1 is 0.926 bits per heavy atom. The molecule has 1 saturated heterocycles. The van der Waals surface area contributed by atoms with E-state index in [9.17, 15) is 23.2 Å². The van der Waals surface area contributed by atoms with Gasteiger partial charge < -0.3 is 15.1 Å². The molecule has 0 atom stereocenters. The Balaban J connectivity index is 1.74. The third-order valence-corrected chi connectivity index (χ3v) is 4.32. The number of rotatable bonds is 4. The summed E-state index contributed by atoms with van der Waals surface area (Å²) in [6, 6.07) is 9.20. The predicted molar refractivity (Wildman–Crippen MR) is 94.3 cm³/mol. The van der Waals surface area contributed by atoms with E-state index in [1.54, 1.807) is 15.9 Å². The number of hydrogen-bond donors (Lipinski definition) is 1. The molecule has 8 heteroatoms. The Hall–Kier alpha value is -3.29. The van der Waals surface area contributed by atoms with Crippen LogP contribution in [0.1, 0.15) is 20.7 Å². The van der Waals surface area contributed by atoms with E-state index in [-0.39, 0.29) is 17.0 Å². The van der Waals surface area contributed by atoms with E-state index in [1.165, 1.54) is 24.3 Å². The second-order valence-electron chi connectivity index (χ2n) is 6.07. The molecule has 1 fully saturated rings. The van der Waals surface area contributed by atoms with E-state index in [0.717, 1.165) is 18.5 Å². The van der Waals surface area contributed by atoms with Gasteiger partial charge in [-0.05, 0) is 30.3 Å².